The molecule has 5 N–H and O–H groups in total. The third-order valence-corrected chi connectivity index (χ3v) is 1.66. The Morgan fingerprint density at radius 1 is 1.54 bits per heavy atom. The Kier molecular flexibility index (Phi) is 2.71. The second-order valence-electron chi connectivity index (χ2n) is 2.39. The minimum atomic E-state index is -0.434. The quantitative estimate of drug-likeness (QED) is 0.257. The first kappa shape index (κ1) is 9.34. The maximum atomic E-state index is 11.1. The van der Waals surface area contributed by atoms with Gasteiger partial charge < -0.3 is 10.5 Å². The summed E-state index contributed by atoms with van der Waals surface area (Å²) in [6, 6.07) is 4.91. The molecule has 70 valence electrons. The number of benzene rings is 1. The molecule has 0 unspecified atom stereocenters. The van der Waals surface area contributed by atoms with E-state index in [1.807, 2.05) is 5.43 Å². The van der Waals surface area contributed by atoms with Crippen LogP contribution in [0.3, 0.4) is 0 Å². The molecule has 0 aliphatic rings. The minimum absolute atomic E-state index is 0.285. The molecular weight excluding hydrogens is 170 g/mol. The fourth-order valence-electron chi connectivity index (χ4n) is 0.998. The molecule has 5 heteroatoms. The molecule has 1 aromatic rings. The summed E-state index contributed by atoms with van der Waals surface area (Å²) in [7, 11) is 1.48. The van der Waals surface area contributed by atoms with E-state index in [-0.39, 0.29) is 5.69 Å². The van der Waals surface area contributed by atoms with Gasteiger partial charge in [-0.2, -0.15) is 0 Å². The van der Waals surface area contributed by atoms with Gasteiger partial charge in [0.25, 0.3) is 5.91 Å². The summed E-state index contributed by atoms with van der Waals surface area (Å²) < 4.78 is 4.93. The molecule has 0 aliphatic carbocycles. The highest BCUT2D eigenvalue weighted by molar-refractivity contribution is 5.99. The molecule has 0 bridgehead atoms. The number of hydrogen-bond acceptors (Lipinski definition) is 4. The van der Waals surface area contributed by atoms with Gasteiger partial charge >= 0.3 is 0 Å². The van der Waals surface area contributed by atoms with Crippen LogP contribution in [0.2, 0.25) is 0 Å². The first-order valence-electron chi connectivity index (χ1n) is 3.64. The second-order valence-corrected chi connectivity index (χ2v) is 2.39. The molecule has 0 fully saturated rings. The smallest absolute Gasteiger partial charge is 0.267 e. The Balaban J connectivity index is 3.15. The second kappa shape index (κ2) is 3.77. The van der Waals surface area contributed by atoms with E-state index in [1.54, 1.807) is 18.2 Å². The molecule has 0 heterocycles. The average Bonchev–Trinajstić information content (AvgIpc) is 2.17. The summed E-state index contributed by atoms with van der Waals surface area (Å²) in [6.45, 7) is 0. The van der Waals surface area contributed by atoms with Gasteiger partial charge in [0.2, 0.25) is 0 Å². The molecule has 1 rings (SSSR count). The molecule has 0 atom stereocenters. The molecule has 0 saturated heterocycles. The van der Waals surface area contributed by atoms with E-state index < -0.39 is 5.91 Å². The lowest BCUT2D eigenvalue weighted by molar-refractivity contribution is 0.0954. The van der Waals surface area contributed by atoms with Gasteiger partial charge in [0.15, 0.2) is 0 Å². The van der Waals surface area contributed by atoms with Crippen molar-refractivity contribution in [3.8, 4) is 5.75 Å². The zero-order valence-electron chi connectivity index (χ0n) is 7.20. The van der Waals surface area contributed by atoms with Crippen LogP contribution in [-0.4, -0.2) is 13.0 Å². The number of carbonyl (C=O) groups excluding carboxylic acids is 1. The van der Waals surface area contributed by atoms with Crippen molar-refractivity contribution in [3.63, 3.8) is 0 Å². The predicted octanol–water partition coefficient (Wildman–Crippen LogP) is -0.119. The molecule has 0 aromatic heterocycles. The van der Waals surface area contributed by atoms with E-state index >= 15 is 0 Å². The van der Waals surface area contributed by atoms with Gasteiger partial charge in [-0.15, -0.1) is 0 Å². The largest absolute Gasteiger partial charge is 0.495 e. The summed E-state index contributed by atoms with van der Waals surface area (Å²) in [5, 5.41) is 0. The molecule has 0 saturated carbocycles. The van der Waals surface area contributed by atoms with Crippen molar-refractivity contribution < 1.29 is 9.53 Å². The SMILES string of the molecule is COc1cccc(C(=O)NN)c1N. The highest BCUT2D eigenvalue weighted by Gasteiger charge is 2.10. The lowest BCUT2D eigenvalue weighted by Gasteiger charge is -2.07. The van der Waals surface area contributed by atoms with Gasteiger partial charge in [-0.25, -0.2) is 5.84 Å². The first-order valence-corrected chi connectivity index (χ1v) is 3.64. The van der Waals surface area contributed by atoms with Crippen LogP contribution in [0.25, 0.3) is 0 Å². The predicted molar refractivity (Wildman–Crippen MR) is 49.1 cm³/mol. The van der Waals surface area contributed by atoms with E-state index in [0.717, 1.165) is 0 Å². The van der Waals surface area contributed by atoms with Crippen LogP contribution >= 0.6 is 0 Å². The van der Waals surface area contributed by atoms with Gasteiger partial charge in [0, 0.05) is 0 Å². The number of nitrogens with one attached hydrogen (secondary N) is 1. The molecule has 0 spiro atoms. The Hall–Kier alpha value is -1.75. The van der Waals surface area contributed by atoms with Gasteiger partial charge in [-0.3, -0.25) is 10.2 Å². The van der Waals surface area contributed by atoms with E-state index in [0.29, 0.717) is 11.3 Å². The van der Waals surface area contributed by atoms with Crippen molar-refractivity contribution in [1.82, 2.24) is 5.43 Å². The number of methoxy groups -OCH3 is 1. The Morgan fingerprint density at radius 3 is 2.77 bits per heavy atom. The van der Waals surface area contributed by atoms with Crippen LogP contribution in [0.15, 0.2) is 18.2 Å². The topological polar surface area (TPSA) is 90.4 Å². The summed E-state index contributed by atoms with van der Waals surface area (Å²) in [4.78, 5) is 11.1. The lowest BCUT2D eigenvalue weighted by atomic mass is 10.1. The summed E-state index contributed by atoms with van der Waals surface area (Å²) in [5.41, 5.74) is 8.22. The Morgan fingerprint density at radius 2 is 2.23 bits per heavy atom. The fourth-order valence-corrected chi connectivity index (χ4v) is 0.998. The molecule has 0 radical (unpaired) electrons. The Bertz CT molecular complexity index is 325. The maximum absolute atomic E-state index is 11.1. The van der Waals surface area contributed by atoms with Crippen molar-refractivity contribution in [2.24, 2.45) is 5.84 Å². The number of anilines is 1. The Labute approximate surface area is 75.6 Å². The van der Waals surface area contributed by atoms with Gasteiger partial charge in [-0.1, -0.05) is 6.07 Å². The van der Waals surface area contributed by atoms with E-state index in [2.05, 4.69) is 0 Å². The van der Waals surface area contributed by atoms with Crippen LogP contribution in [0.1, 0.15) is 10.4 Å². The lowest BCUT2D eigenvalue weighted by Crippen LogP contribution is -2.30. The maximum Gasteiger partial charge on any atom is 0.267 e. The number of amides is 1. The van der Waals surface area contributed by atoms with Crippen molar-refractivity contribution >= 4 is 11.6 Å². The van der Waals surface area contributed by atoms with E-state index in [1.165, 1.54) is 7.11 Å². The van der Waals surface area contributed by atoms with Gasteiger partial charge in [0.05, 0.1) is 18.4 Å². The van der Waals surface area contributed by atoms with E-state index in [9.17, 15) is 4.79 Å². The average molecular weight is 181 g/mol. The van der Waals surface area contributed by atoms with Crippen LogP contribution in [0.5, 0.6) is 5.75 Å². The monoisotopic (exact) mass is 181 g/mol. The third-order valence-electron chi connectivity index (χ3n) is 1.66. The number of nitrogen functional groups attached to an aromatic ring is 2. The standard InChI is InChI=1S/C8H11N3O2/c1-13-6-4-2-3-5(7(6)9)8(12)11-10/h2-4H,9-10H2,1H3,(H,11,12). The van der Waals surface area contributed by atoms with Crippen molar-refractivity contribution in [1.29, 1.82) is 0 Å². The number of para-hydroxylation sites is 1. The third kappa shape index (κ3) is 1.70. The van der Waals surface area contributed by atoms with Crippen LogP contribution in [-0.2, 0) is 0 Å². The van der Waals surface area contributed by atoms with Gasteiger partial charge in [-0.05, 0) is 12.1 Å². The van der Waals surface area contributed by atoms with Crippen molar-refractivity contribution in [3.05, 3.63) is 23.8 Å². The summed E-state index contributed by atoms with van der Waals surface area (Å²) in [6.07, 6.45) is 0. The molecule has 0 aliphatic heterocycles. The number of nitrogens with two attached hydrogens (primary N) is 2. The highest BCUT2D eigenvalue weighted by Crippen LogP contribution is 2.24. The molecule has 5 nitrogen and oxygen atoms in total. The van der Waals surface area contributed by atoms with Gasteiger partial charge in [0.1, 0.15) is 5.75 Å². The molecule has 1 aromatic carbocycles. The molecule has 1 amide bonds. The first-order chi connectivity index (χ1) is 6.20. The number of ether oxygens (including phenoxy) is 1. The summed E-state index contributed by atoms with van der Waals surface area (Å²) in [5.74, 6) is 4.99. The minimum Gasteiger partial charge on any atom is -0.495 e. The number of rotatable bonds is 2. The van der Waals surface area contributed by atoms with Crippen molar-refractivity contribution in [2.45, 2.75) is 0 Å². The number of hydrazine groups is 1. The summed E-state index contributed by atoms with van der Waals surface area (Å²) >= 11 is 0. The van der Waals surface area contributed by atoms with Crippen LogP contribution in [0, 0.1) is 0 Å². The number of hydrogen-bond donors (Lipinski definition) is 3. The van der Waals surface area contributed by atoms with Crippen LogP contribution in [0.4, 0.5) is 5.69 Å². The zero-order chi connectivity index (χ0) is 9.84. The molecule has 13 heavy (non-hydrogen) atoms. The van der Waals surface area contributed by atoms with Crippen LogP contribution < -0.4 is 21.7 Å². The molecular formula is C8H11N3O2. The zero-order valence-corrected chi connectivity index (χ0v) is 7.20. The normalized spacial score (nSPS) is 9.38. The fraction of sp³-hybridized carbons (Fsp3) is 0.125. The number of carbonyl (C=O) groups is 1. The van der Waals surface area contributed by atoms with Crippen molar-refractivity contribution in [2.75, 3.05) is 12.8 Å². The van der Waals surface area contributed by atoms with E-state index in [4.69, 9.17) is 16.3 Å². The highest BCUT2D eigenvalue weighted by atomic mass is 16.5.